The quantitative estimate of drug-likeness (QED) is 0.862. The predicted molar refractivity (Wildman–Crippen MR) is 102 cm³/mol. The number of hydrogen-bond donors (Lipinski definition) is 1. The van der Waals surface area contributed by atoms with Gasteiger partial charge in [0.05, 0.1) is 23.5 Å². The van der Waals surface area contributed by atoms with Crippen molar-refractivity contribution in [3.05, 3.63) is 29.0 Å². The predicted octanol–water partition coefficient (Wildman–Crippen LogP) is 1.68. The number of aromatic nitrogens is 1. The largest absolute Gasteiger partial charge is 0.440 e. The number of oxazole rings is 1. The summed E-state index contributed by atoms with van der Waals surface area (Å²) in [5.41, 5.74) is 0.698. The molecular formula is C19H24N4O3S. The number of thiophene rings is 1. The molecular weight excluding hydrogens is 364 g/mol. The van der Waals surface area contributed by atoms with E-state index in [1.165, 1.54) is 0 Å². The second kappa shape index (κ2) is 7.82. The van der Waals surface area contributed by atoms with Crippen molar-refractivity contribution in [2.45, 2.75) is 32.2 Å². The number of piperidine rings is 1. The molecule has 4 rings (SSSR count). The lowest BCUT2D eigenvalue weighted by atomic mass is 10.0. The maximum atomic E-state index is 12.9. The maximum Gasteiger partial charge on any atom is 0.236 e. The Morgan fingerprint density at radius 3 is 3.11 bits per heavy atom. The van der Waals surface area contributed by atoms with E-state index in [1.54, 1.807) is 11.3 Å². The van der Waals surface area contributed by atoms with E-state index in [-0.39, 0.29) is 24.3 Å². The van der Waals surface area contributed by atoms with Crippen LogP contribution in [0.3, 0.4) is 0 Å². The number of nitrogens with zero attached hydrogens (tertiary/aromatic N) is 3. The standard InChI is InChI=1S/C19H24N4O3S/c1-13-15(21-19(26-13)16-5-3-9-27-16)10-17(24)22-7-2-4-14(12-22)23-8-6-20-11-18(23)25/h3,5,9,14,20H,2,4,6-8,10-12H2,1H3. The van der Waals surface area contributed by atoms with E-state index in [4.69, 9.17) is 4.42 Å². The molecule has 0 aliphatic carbocycles. The van der Waals surface area contributed by atoms with Crippen molar-refractivity contribution in [2.75, 3.05) is 32.7 Å². The van der Waals surface area contributed by atoms with Gasteiger partial charge in [-0.3, -0.25) is 9.59 Å². The molecule has 2 aliphatic heterocycles. The van der Waals surface area contributed by atoms with Crippen molar-refractivity contribution in [1.82, 2.24) is 20.1 Å². The van der Waals surface area contributed by atoms with E-state index in [0.717, 1.165) is 37.4 Å². The van der Waals surface area contributed by atoms with Crippen molar-refractivity contribution < 1.29 is 14.0 Å². The van der Waals surface area contributed by atoms with E-state index < -0.39 is 0 Å². The average Bonchev–Trinajstić information content (AvgIpc) is 3.33. The fraction of sp³-hybridized carbons (Fsp3) is 0.526. The monoisotopic (exact) mass is 388 g/mol. The number of aryl methyl sites for hydroxylation is 1. The van der Waals surface area contributed by atoms with Crippen LogP contribution in [0.5, 0.6) is 0 Å². The van der Waals surface area contributed by atoms with Crippen LogP contribution in [0.2, 0.25) is 0 Å². The smallest absolute Gasteiger partial charge is 0.236 e. The summed E-state index contributed by atoms with van der Waals surface area (Å²) in [5.74, 6) is 1.45. The molecule has 7 nitrogen and oxygen atoms in total. The van der Waals surface area contributed by atoms with Crippen LogP contribution in [0.25, 0.3) is 10.8 Å². The minimum Gasteiger partial charge on any atom is -0.440 e. The van der Waals surface area contributed by atoms with Gasteiger partial charge in [-0.15, -0.1) is 11.3 Å². The van der Waals surface area contributed by atoms with Crippen LogP contribution in [-0.2, 0) is 16.0 Å². The van der Waals surface area contributed by atoms with Crippen LogP contribution in [0, 0.1) is 6.92 Å². The molecule has 144 valence electrons. The van der Waals surface area contributed by atoms with Crippen molar-refractivity contribution in [2.24, 2.45) is 0 Å². The van der Waals surface area contributed by atoms with Crippen LogP contribution in [0.1, 0.15) is 24.3 Å². The molecule has 0 aromatic carbocycles. The molecule has 2 fully saturated rings. The molecule has 2 amide bonds. The zero-order chi connectivity index (χ0) is 18.8. The third-order valence-corrected chi connectivity index (χ3v) is 6.12. The lowest BCUT2D eigenvalue weighted by molar-refractivity contribution is -0.140. The van der Waals surface area contributed by atoms with Crippen LogP contribution >= 0.6 is 11.3 Å². The van der Waals surface area contributed by atoms with Gasteiger partial charge in [0, 0.05) is 32.2 Å². The number of rotatable bonds is 4. The van der Waals surface area contributed by atoms with Gasteiger partial charge >= 0.3 is 0 Å². The van der Waals surface area contributed by atoms with Gasteiger partial charge in [-0.05, 0) is 31.2 Å². The first-order valence-electron chi connectivity index (χ1n) is 9.40. The second-order valence-electron chi connectivity index (χ2n) is 7.08. The number of likely N-dealkylation sites (tertiary alicyclic amines) is 1. The molecule has 2 aromatic rings. The van der Waals surface area contributed by atoms with Gasteiger partial charge in [-0.1, -0.05) is 6.07 Å². The van der Waals surface area contributed by atoms with Crippen LogP contribution in [-0.4, -0.2) is 65.4 Å². The summed E-state index contributed by atoms with van der Waals surface area (Å²) in [6, 6.07) is 4.04. The van der Waals surface area contributed by atoms with Gasteiger partial charge in [0.25, 0.3) is 0 Å². The number of hydrogen-bond acceptors (Lipinski definition) is 6. The number of carbonyl (C=O) groups is 2. The molecule has 0 radical (unpaired) electrons. The Morgan fingerprint density at radius 2 is 2.33 bits per heavy atom. The Labute approximate surface area is 162 Å². The second-order valence-corrected chi connectivity index (χ2v) is 8.02. The highest BCUT2D eigenvalue weighted by molar-refractivity contribution is 7.13. The number of amides is 2. The Morgan fingerprint density at radius 1 is 1.44 bits per heavy atom. The fourth-order valence-corrected chi connectivity index (χ4v) is 4.44. The van der Waals surface area contributed by atoms with Gasteiger partial charge in [-0.25, -0.2) is 4.98 Å². The highest BCUT2D eigenvalue weighted by Gasteiger charge is 2.32. The first-order chi connectivity index (χ1) is 13.1. The summed E-state index contributed by atoms with van der Waals surface area (Å²) in [6.45, 7) is 5.14. The highest BCUT2D eigenvalue weighted by Crippen LogP contribution is 2.26. The number of carbonyl (C=O) groups excluding carboxylic acids is 2. The summed E-state index contributed by atoms with van der Waals surface area (Å²) in [7, 11) is 0. The van der Waals surface area contributed by atoms with Gasteiger partial charge in [-0.2, -0.15) is 0 Å². The van der Waals surface area contributed by atoms with Crippen LogP contribution in [0.4, 0.5) is 0 Å². The van der Waals surface area contributed by atoms with Gasteiger partial charge < -0.3 is 19.5 Å². The van der Waals surface area contributed by atoms with Gasteiger partial charge in [0.2, 0.25) is 17.7 Å². The molecule has 1 atom stereocenters. The molecule has 8 heteroatoms. The molecule has 4 heterocycles. The summed E-state index contributed by atoms with van der Waals surface area (Å²) in [6.07, 6.45) is 2.12. The molecule has 0 spiro atoms. The first kappa shape index (κ1) is 18.2. The zero-order valence-corrected chi connectivity index (χ0v) is 16.3. The minimum atomic E-state index is 0.0522. The molecule has 1 N–H and O–H groups in total. The van der Waals surface area contributed by atoms with E-state index in [9.17, 15) is 9.59 Å². The average molecular weight is 388 g/mol. The maximum absolute atomic E-state index is 12.9. The third kappa shape index (κ3) is 3.91. The Kier molecular flexibility index (Phi) is 5.27. The topological polar surface area (TPSA) is 78.7 Å². The molecule has 1 unspecified atom stereocenters. The van der Waals surface area contributed by atoms with Gasteiger partial charge in [0.15, 0.2) is 0 Å². The summed E-state index contributed by atoms with van der Waals surface area (Å²) < 4.78 is 5.75. The molecule has 0 bridgehead atoms. The first-order valence-corrected chi connectivity index (χ1v) is 10.3. The highest BCUT2D eigenvalue weighted by atomic mass is 32.1. The van der Waals surface area contributed by atoms with E-state index in [1.807, 2.05) is 34.2 Å². The van der Waals surface area contributed by atoms with Crippen molar-refractivity contribution in [3.63, 3.8) is 0 Å². The summed E-state index contributed by atoms with van der Waals surface area (Å²) in [5, 5.41) is 5.08. The van der Waals surface area contributed by atoms with Crippen molar-refractivity contribution in [1.29, 1.82) is 0 Å². The molecule has 2 aliphatic rings. The molecule has 2 aromatic heterocycles. The molecule has 0 saturated carbocycles. The Bertz CT molecular complexity index is 817. The van der Waals surface area contributed by atoms with E-state index in [2.05, 4.69) is 10.3 Å². The molecule has 27 heavy (non-hydrogen) atoms. The van der Waals surface area contributed by atoms with Gasteiger partial charge in [0.1, 0.15) is 5.76 Å². The summed E-state index contributed by atoms with van der Waals surface area (Å²) >= 11 is 1.57. The third-order valence-electron chi connectivity index (χ3n) is 5.26. The number of nitrogens with one attached hydrogen (secondary N) is 1. The zero-order valence-electron chi connectivity index (χ0n) is 15.4. The minimum absolute atomic E-state index is 0.0522. The normalized spacial score (nSPS) is 20.9. The Balaban J connectivity index is 1.41. The van der Waals surface area contributed by atoms with Crippen molar-refractivity contribution >= 4 is 23.2 Å². The van der Waals surface area contributed by atoms with Crippen LogP contribution < -0.4 is 5.32 Å². The summed E-state index contributed by atoms with van der Waals surface area (Å²) in [4.78, 5) is 34.3. The fourth-order valence-electron chi connectivity index (χ4n) is 3.80. The SMILES string of the molecule is Cc1oc(-c2cccs2)nc1CC(=O)N1CCCC(N2CCNCC2=O)C1. The van der Waals surface area contributed by atoms with Crippen molar-refractivity contribution in [3.8, 4) is 10.8 Å². The van der Waals surface area contributed by atoms with E-state index >= 15 is 0 Å². The lowest BCUT2D eigenvalue weighted by Gasteiger charge is -2.41. The Hall–Kier alpha value is -2.19. The van der Waals surface area contributed by atoms with Crippen LogP contribution in [0.15, 0.2) is 21.9 Å². The number of piperazine rings is 1. The molecule has 2 saturated heterocycles. The van der Waals surface area contributed by atoms with E-state index in [0.29, 0.717) is 30.4 Å². The lowest BCUT2D eigenvalue weighted by Crippen LogP contribution is -2.57.